The van der Waals surface area contributed by atoms with Crippen molar-refractivity contribution in [2.24, 2.45) is 5.92 Å². The van der Waals surface area contributed by atoms with E-state index in [2.05, 4.69) is 9.64 Å². The van der Waals surface area contributed by atoms with E-state index in [1.54, 1.807) is 12.1 Å². The number of likely N-dealkylation sites (tertiary alicyclic amines) is 1. The lowest BCUT2D eigenvalue weighted by Crippen LogP contribution is -2.45. The number of rotatable bonds is 5. The molecule has 128 valence electrons. The van der Waals surface area contributed by atoms with Gasteiger partial charge in [-0.25, -0.2) is 0 Å². The molecule has 0 unspecified atom stereocenters. The number of hydrogen-bond acceptors (Lipinski definition) is 3. The molecule has 0 aliphatic carbocycles. The molecule has 0 bridgehead atoms. The van der Waals surface area contributed by atoms with Crippen molar-refractivity contribution in [3.63, 3.8) is 0 Å². The summed E-state index contributed by atoms with van der Waals surface area (Å²) in [4.78, 5) is 13.3. The molecule has 7 heteroatoms. The minimum Gasteiger partial charge on any atom is -0.484 e. The summed E-state index contributed by atoms with van der Waals surface area (Å²) in [6.45, 7) is 1.98. The number of nitrogens with zero attached hydrogens (tertiary/aromatic N) is 1. The van der Waals surface area contributed by atoms with Crippen molar-refractivity contribution in [3.05, 3.63) is 29.8 Å². The number of alkyl halides is 3. The van der Waals surface area contributed by atoms with Crippen LogP contribution in [0.5, 0.6) is 5.75 Å². The molecular weight excluding hydrogens is 311 g/mol. The van der Waals surface area contributed by atoms with Crippen LogP contribution in [0, 0.1) is 5.92 Å². The predicted octanol–water partition coefficient (Wildman–Crippen LogP) is 3.31. The number of hydrogen-bond donors (Lipinski definition) is 1. The Morgan fingerprint density at radius 3 is 2.57 bits per heavy atom. The summed E-state index contributed by atoms with van der Waals surface area (Å²) in [5.41, 5.74) is 0.919. The zero-order chi connectivity index (χ0) is 17.0. The third-order valence-electron chi connectivity index (χ3n) is 4.15. The Bertz CT molecular complexity index is 530. The Morgan fingerprint density at radius 1 is 1.35 bits per heavy atom. The maximum absolute atomic E-state index is 12.1. The fourth-order valence-electron chi connectivity index (χ4n) is 2.86. The van der Waals surface area contributed by atoms with Gasteiger partial charge in [-0.3, -0.25) is 9.69 Å². The molecule has 0 saturated carbocycles. The van der Waals surface area contributed by atoms with Gasteiger partial charge < -0.3 is 9.84 Å². The molecule has 1 aromatic carbocycles. The van der Waals surface area contributed by atoms with Crippen LogP contribution in [0.25, 0.3) is 0 Å². The van der Waals surface area contributed by atoms with E-state index in [-0.39, 0.29) is 17.7 Å². The summed E-state index contributed by atoms with van der Waals surface area (Å²) in [7, 11) is 0. The van der Waals surface area contributed by atoms with Gasteiger partial charge in [-0.05, 0) is 44.0 Å². The molecule has 23 heavy (non-hydrogen) atoms. The average molecular weight is 331 g/mol. The zero-order valence-electron chi connectivity index (χ0n) is 12.8. The molecular formula is C16H20F3NO3. The van der Waals surface area contributed by atoms with Gasteiger partial charge in [0.15, 0.2) is 6.61 Å². The summed E-state index contributed by atoms with van der Waals surface area (Å²) in [6, 6.07) is 6.36. The standard InChI is InChI=1S/C16H20F3NO3/c1-11-14(15(21)22)3-2-8-20(11)9-12-4-6-13(7-5-12)23-10-16(17,18)19/h4-7,11,14H,2-3,8-10H2,1H3,(H,21,22)/t11-,14-/m1/s1. The average Bonchev–Trinajstić information content (AvgIpc) is 2.47. The molecule has 0 amide bonds. The lowest BCUT2D eigenvalue weighted by atomic mass is 9.90. The number of aliphatic carboxylic acids is 1. The number of carboxylic acid groups (broad SMARTS) is 1. The Kier molecular flexibility index (Phi) is 5.51. The van der Waals surface area contributed by atoms with E-state index in [0.717, 1.165) is 18.5 Å². The van der Waals surface area contributed by atoms with Crippen LogP contribution in [-0.2, 0) is 11.3 Å². The van der Waals surface area contributed by atoms with Gasteiger partial charge in [0.1, 0.15) is 5.75 Å². The lowest BCUT2D eigenvalue weighted by Gasteiger charge is -2.37. The van der Waals surface area contributed by atoms with Crippen molar-refractivity contribution in [2.75, 3.05) is 13.2 Å². The van der Waals surface area contributed by atoms with Crippen LogP contribution in [0.4, 0.5) is 13.2 Å². The molecule has 2 atom stereocenters. The number of carbonyl (C=O) groups is 1. The molecule has 1 N–H and O–H groups in total. The number of benzene rings is 1. The van der Waals surface area contributed by atoms with E-state index >= 15 is 0 Å². The molecule has 1 fully saturated rings. The van der Waals surface area contributed by atoms with Crippen molar-refractivity contribution < 1.29 is 27.8 Å². The van der Waals surface area contributed by atoms with Crippen LogP contribution in [0.1, 0.15) is 25.3 Å². The van der Waals surface area contributed by atoms with Crippen LogP contribution in [0.2, 0.25) is 0 Å². The predicted molar refractivity (Wildman–Crippen MR) is 78.2 cm³/mol. The summed E-state index contributed by atoms with van der Waals surface area (Å²) < 4.78 is 41.0. The monoisotopic (exact) mass is 331 g/mol. The highest BCUT2D eigenvalue weighted by Gasteiger charge is 2.32. The van der Waals surface area contributed by atoms with Gasteiger partial charge >= 0.3 is 12.1 Å². The van der Waals surface area contributed by atoms with Gasteiger partial charge in [-0.1, -0.05) is 12.1 Å². The van der Waals surface area contributed by atoms with E-state index in [1.165, 1.54) is 12.1 Å². The third kappa shape index (κ3) is 5.13. The summed E-state index contributed by atoms with van der Waals surface area (Å²) in [6.07, 6.45) is -2.85. The summed E-state index contributed by atoms with van der Waals surface area (Å²) in [5, 5.41) is 9.22. The molecule has 1 aliphatic rings. The van der Waals surface area contributed by atoms with Crippen LogP contribution < -0.4 is 4.74 Å². The van der Waals surface area contributed by atoms with Crippen molar-refractivity contribution >= 4 is 5.97 Å². The molecule has 1 aliphatic heterocycles. The molecule has 1 heterocycles. The molecule has 1 saturated heterocycles. The summed E-state index contributed by atoms with van der Waals surface area (Å²) in [5.74, 6) is -0.988. The Morgan fingerprint density at radius 2 is 2.00 bits per heavy atom. The highest BCUT2D eigenvalue weighted by Crippen LogP contribution is 2.26. The molecule has 0 radical (unpaired) electrons. The Labute approximate surface area is 132 Å². The van der Waals surface area contributed by atoms with E-state index in [0.29, 0.717) is 13.0 Å². The number of piperidine rings is 1. The van der Waals surface area contributed by atoms with E-state index < -0.39 is 18.8 Å². The first kappa shape index (κ1) is 17.6. The first-order chi connectivity index (χ1) is 10.8. The molecule has 0 spiro atoms. The van der Waals surface area contributed by atoms with Crippen molar-refractivity contribution in [2.45, 2.75) is 38.5 Å². The van der Waals surface area contributed by atoms with Crippen LogP contribution in [0.15, 0.2) is 24.3 Å². The van der Waals surface area contributed by atoms with E-state index in [1.807, 2.05) is 6.92 Å². The number of halogens is 3. The first-order valence-corrected chi connectivity index (χ1v) is 7.51. The van der Waals surface area contributed by atoms with Gasteiger partial charge in [0.2, 0.25) is 0 Å². The highest BCUT2D eigenvalue weighted by molar-refractivity contribution is 5.70. The van der Waals surface area contributed by atoms with Gasteiger partial charge in [-0.2, -0.15) is 13.2 Å². The Balaban J connectivity index is 1.94. The van der Waals surface area contributed by atoms with Gasteiger partial charge in [0.05, 0.1) is 5.92 Å². The van der Waals surface area contributed by atoms with Crippen molar-refractivity contribution in [1.29, 1.82) is 0 Å². The topological polar surface area (TPSA) is 49.8 Å². The van der Waals surface area contributed by atoms with Crippen molar-refractivity contribution in [3.8, 4) is 5.75 Å². The van der Waals surface area contributed by atoms with E-state index in [9.17, 15) is 23.1 Å². The van der Waals surface area contributed by atoms with Gasteiger partial charge in [-0.15, -0.1) is 0 Å². The zero-order valence-corrected chi connectivity index (χ0v) is 12.8. The largest absolute Gasteiger partial charge is 0.484 e. The van der Waals surface area contributed by atoms with Crippen LogP contribution >= 0.6 is 0 Å². The molecule has 0 aromatic heterocycles. The number of carboxylic acids is 1. The smallest absolute Gasteiger partial charge is 0.422 e. The normalized spacial score (nSPS) is 22.8. The number of ether oxygens (including phenoxy) is 1. The second-order valence-corrected chi connectivity index (χ2v) is 5.85. The van der Waals surface area contributed by atoms with Crippen molar-refractivity contribution in [1.82, 2.24) is 4.90 Å². The fraction of sp³-hybridized carbons (Fsp3) is 0.562. The Hall–Kier alpha value is -1.76. The van der Waals surface area contributed by atoms with E-state index in [4.69, 9.17) is 0 Å². The third-order valence-corrected chi connectivity index (χ3v) is 4.15. The van der Waals surface area contributed by atoms with Gasteiger partial charge in [0, 0.05) is 12.6 Å². The molecule has 1 aromatic rings. The minimum absolute atomic E-state index is 0.0672. The van der Waals surface area contributed by atoms with Crippen LogP contribution in [0.3, 0.4) is 0 Å². The highest BCUT2D eigenvalue weighted by atomic mass is 19.4. The quantitative estimate of drug-likeness (QED) is 0.899. The maximum atomic E-state index is 12.1. The summed E-state index contributed by atoms with van der Waals surface area (Å²) >= 11 is 0. The first-order valence-electron chi connectivity index (χ1n) is 7.51. The SMILES string of the molecule is C[C@@H]1[C@H](C(=O)O)CCCN1Cc1ccc(OCC(F)(F)F)cc1. The van der Waals surface area contributed by atoms with Gasteiger partial charge in [0.25, 0.3) is 0 Å². The molecule has 4 nitrogen and oxygen atoms in total. The fourth-order valence-corrected chi connectivity index (χ4v) is 2.86. The van der Waals surface area contributed by atoms with Crippen LogP contribution in [-0.4, -0.2) is 41.3 Å². The second-order valence-electron chi connectivity index (χ2n) is 5.85. The lowest BCUT2D eigenvalue weighted by molar-refractivity contribution is -0.153. The second kappa shape index (κ2) is 7.21. The maximum Gasteiger partial charge on any atom is 0.422 e. The molecule has 2 rings (SSSR count). The minimum atomic E-state index is -4.35.